The monoisotopic (exact) mass is 684 g/mol. The summed E-state index contributed by atoms with van der Waals surface area (Å²) in [5.41, 5.74) is -0.225. The average molecular weight is 685 g/mol. The molecule has 7 rings (SSSR count). The van der Waals surface area contributed by atoms with Crippen molar-refractivity contribution in [3.63, 3.8) is 0 Å². The molecule has 50 heavy (non-hydrogen) atoms. The number of ether oxygens (including phenoxy) is 5. The molecule has 14 nitrogen and oxygen atoms in total. The van der Waals surface area contributed by atoms with Gasteiger partial charge in [0.25, 0.3) is 0 Å². The van der Waals surface area contributed by atoms with E-state index in [4.69, 9.17) is 23.7 Å². The van der Waals surface area contributed by atoms with Crippen molar-refractivity contribution in [1.29, 1.82) is 0 Å². The highest BCUT2D eigenvalue weighted by molar-refractivity contribution is 6.23. The minimum Gasteiger partial charge on any atom is -0.497 e. The summed E-state index contributed by atoms with van der Waals surface area (Å²) in [6.07, 6.45) is 0.614. The predicted octanol–water partition coefficient (Wildman–Crippen LogP) is 6.19. The summed E-state index contributed by atoms with van der Waals surface area (Å²) < 4.78 is 29.0. The first-order valence-electron chi connectivity index (χ1n) is 16.4. The fourth-order valence-electron chi connectivity index (χ4n) is 6.51. The van der Waals surface area contributed by atoms with E-state index in [1.165, 1.54) is 11.8 Å². The molecule has 2 amide bonds. The second-order valence-corrected chi connectivity index (χ2v) is 14.8. The highest BCUT2D eigenvalue weighted by atomic mass is 16.6. The Morgan fingerprint density at radius 3 is 2.30 bits per heavy atom. The Balaban J connectivity index is 1.30. The van der Waals surface area contributed by atoms with Crippen molar-refractivity contribution >= 4 is 46.3 Å². The Bertz CT molecular complexity index is 2040. The van der Waals surface area contributed by atoms with Crippen LogP contribution in [0.4, 0.5) is 26.9 Å². The molecule has 262 valence electrons. The summed E-state index contributed by atoms with van der Waals surface area (Å²) in [5, 5.41) is 8.50. The van der Waals surface area contributed by atoms with E-state index in [0.29, 0.717) is 70.7 Å². The van der Waals surface area contributed by atoms with Crippen molar-refractivity contribution in [1.82, 2.24) is 19.7 Å². The van der Waals surface area contributed by atoms with Gasteiger partial charge in [-0.05, 0) is 89.4 Å². The van der Waals surface area contributed by atoms with Crippen LogP contribution >= 0.6 is 0 Å². The Kier molecular flexibility index (Phi) is 7.77. The van der Waals surface area contributed by atoms with Crippen LogP contribution < -0.4 is 19.7 Å². The first kappa shape index (κ1) is 33.3. The highest BCUT2D eigenvalue weighted by Crippen LogP contribution is 2.67. The molecule has 14 heteroatoms. The van der Waals surface area contributed by atoms with E-state index in [1.807, 2.05) is 24.3 Å². The number of rotatable bonds is 6. The van der Waals surface area contributed by atoms with Crippen LogP contribution in [-0.4, -0.2) is 76.5 Å². The molecule has 2 fully saturated rings. The Labute approximate surface area is 289 Å². The molecule has 1 aliphatic carbocycles. The number of hydrogen-bond donors (Lipinski definition) is 1. The van der Waals surface area contributed by atoms with Gasteiger partial charge in [0.2, 0.25) is 5.91 Å². The maximum atomic E-state index is 14.3. The molecule has 0 bridgehead atoms. The smallest absolute Gasteiger partial charge is 0.435 e. The molecule has 2 aromatic carbocycles. The lowest BCUT2D eigenvalue weighted by atomic mass is 9.91. The fourth-order valence-corrected chi connectivity index (χ4v) is 6.51. The molecule has 0 unspecified atom stereocenters. The molecule has 2 aromatic heterocycles. The summed E-state index contributed by atoms with van der Waals surface area (Å²) in [7, 11) is 3.07. The molecular weight excluding hydrogens is 644 g/mol. The van der Waals surface area contributed by atoms with Crippen molar-refractivity contribution < 1.29 is 38.1 Å². The van der Waals surface area contributed by atoms with Crippen LogP contribution in [0.25, 0.3) is 10.9 Å². The molecule has 3 aliphatic rings. The topological polar surface area (TPSA) is 156 Å². The van der Waals surface area contributed by atoms with Gasteiger partial charge in [-0.2, -0.15) is 4.68 Å². The first-order chi connectivity index (χ1) is 23.6. The van der Waals surface area contributed by atoms with E-state index in [2.05, 4.69) is 20.4 Å². The van der Waals surface area contributed by atoms with Gasteiger partial charge in [-0.1, -0.05) is 6.07 Å². The van der Waals surface area contributed by atoms with Crippen LogP contribution in [0.15, 0.2) is 42.6 Å². The van der Waals surface area contributed by atoms with Gasteiger partial charge >= 0.3 is 12.2 Å². The van der Waals surface area contributed by atoms with E-state index < -0.39 is 28.8 Å². The van der Waals surface area contributed by atoms with E-state index in [0.717, 1.165) is 10.5 Å². The van der Waals surface area contributed by atoms with Gasteiger partial charge in [-0.3, -0.25) is 4.79 Å². The Morgan fingerprint density at radius 1 is 0.940 bits per heavy atom. The van der Waals surface area contributed by atoms with Gasteiger partial charge in [-0.15, -0.1) is 5.10 Å². The quantitative estimate of drug-likeness (QED) is 0.246. The van der Waals surface area contributed by atoms with Crippen molar-refractivity contribution in [2.24, 2.45) is 0 Å². The minimum absolute atomic E-state index is 0.0700. The molecule has 0 radical (unpaired) electrons. The first-order valence-corrected chi connectivity index (χ1v) is 16.4. The second kappa shape index (κ2) is 11.7. The van der Waals surface area contributed by atoms with Gasteiger partial charge in [0.05, 0.1) is 56.2 Å². The third kappa shape index (κ3) is 5.66. The minimum atomic E-state index is -1.03. The number of nitrogens with zero attached hydrogens (tertiary/aromatic N) is 5. The molecule has 1 saturated heterocycles. The van der Waals surface area contributed by atoms with Crippen LogP contribution in [0, 0.1) is 0 Å². The van der Waals surface area contributed by atoms with Gasteiger partial charge in [-0.25, -0.2) is 24.5 Å². The molecule has 2 aliphatic heterocycles. The van der Waals surface area contributed by atoms with Crippen molar-refractivity contribution in [2.75, 3.05) is 37.7 Å². The highest BCUT2D eigenvalue weighted by Gasteiger charge is 2.68. The van der Waals surface area contributed by atoms with Crippen LogP contribution in [0.3, 0.4) is 0 Å². The summed E-state index contributed by atoms with van der Waals surface area (Å²) in [6, 6.07) is 10.8. The van der Waals surface area contributed by atoms with E-state index >= 15 is 0 Å². The lowest BCUT2D eigenvalue weighted by Crippen LogP contribution is -2.41. The third-order valence-electron chi connectivity index (χ3n) is 8.95. The molecule has 1 spiro atoms. The number of benzene rings is 2. The molecule has 1 N–H and O–H groups in total. The van der Waals surface area contributed by atoms with Crippen LogP contribution in [0.1, 0.15) is 76.8 Å². The number of hydrogen-bond acceptors (Lipinski definition) is 12. The molecule has 2 atom stereocenters. The summed E-state index contributed by atoms with van der Waals surface area (Å²) in [6.45, 7) is 11.7. The maximum Gasteiger partial charge on any atom is 0.435 e. The number of anilines is 3. The number of carbonyl (C=O) groups excluding carboxylic acids is 3. The number of methoxy groups -OCH3 is 2. The summed E-state index contributed by atoms with van der Waals surface area (Å²) >= 11 is 0. The zero-order valence-corrected chi connectivity index (χ0v) is 29.3. The lowest BCUT2D eigenvalue weighted by Gasteiger charge is -2.24. The van der Waals surface area contributed by atoms with Crippen LogP contribution in [0.5, 0.6) is 11.5 Å². The normalized spacial score (nSPS) is 20.0. The van der Waals surface area contributed by atoms with Crippen molar-refractivity contribution in [3.8, 4) is 11.5 Å². The van der Waals surface area contributed by atoms with Gasteiger partial charge < -0.3 is 29.0 Å². The molecule has 1 saturated carbocycles. The van der Waals surface area contributed by atoms with Crippen molar-refractivity contribution in [3.05, 3.63) is 59.5 Å². The van der Waals surface area contributed by atoms with Gasteiger partial charge in [0, 0.05) is 11.3 Å². The number of amides is 2. The number of nitrogens with one attached hydrogen (secondary N) is 1. The lowest BCUT2D eigenvalue weighted by molar-refractivity contribution is -0.120. The van der Waals surface area contributed by atoms with Gasteiger partial charge in [0.1, 0.15) is 22.8 Å². The number of carbonyl (C=O) groups is 3. The van der Waals surface area contributed by atoms with Gasteiger partial charge in [0.15, 0.2) is 17.4 Å². The Morgan fingerprint density at radius 2 is 1.66 bits per heavy atom. The van der Waals surface area contributed by atoms with E-state index in [9.17, 15) is 14.4 Å². The third-order valence-corrected chi connectivity index (χ3v) is 8.95. The number of aromatic nitrogens is 4. The zero-order valence-electron chi connectivity index (χ0n) is 29.3. The number of imide groups is 1. The van der Waals surface area contributed by atoms with Crippen molar-refractivity contribution in [2.45, 2.75) is 76.4 Å². The average Bonchev–Trinajstić information content (AvgIpc) is 3.60. The molecule has 4 heterocycles. The van der Waals surface area contributed by atoms with E-state index in [1.54, 1.807) is 67.0 Å². The summed E-state index contributed by atoms with van der Waals surface area (Å²) in [4.78, 5) is 51.5. The SMILES string of the molecule is COc1ccc2c(c1)[C@]1(C[C@H]1c1ccc3c(Nc4nc(C5COC5)ncc4OC)nn(C(=O)OC(C)(C)C)c3c1)C(=O)N2C(=O)OC(C)(C)C. The van der Waals surface area contributed by atoms with E-state index in [-0.39, 0.29) is 17.7 Å². The number of fused-ring (bicyclic) bond motifs is 3. The standard InChI is InChI=1S/C36H40N6O8/c1-34(2,3)49-32(44)41-25-12-10-21(46-7)14-23(25)36(31(41)43)15-24(36)19-9-11-22-26(13-19)42(33(45)50-35(4,5)6)40-29(22)39-30-27(47-8)16-37-28(38-30)20-17-48-18-20/h9-14,16,20,24H,15,17-18H2,1-8H3,(H,37,38,39,40)/t24-,36-/m0/s1. The fraction of sp³-hybridized carbons (Fsp3) is 0.444. The molecular formula is C36H40N6O8. The second-order valence-electron chi connectivity index (χ2n) is 14.8. The van der Waals surface area contributed by atoms with Crippen LogP contribution in [-0.2, 0) is 24.4 Å². The van der Waals surface area contributed by atoms with Crippen LogP contribution in [0.2, 0.25) is 0 Å². The summed E-state index contributed by atoms with van der Waals surface area (Å²) in [5.74, 6) is 1.69. The largest absolute Gasteiger partial charge is 0.497 e. The zero-order chi connectivity index (χ0) is 35.7. The predicted molar refractivity (Wildman–Crippen MR) is 183 cm³/mol. The molecule has 4 aromatic rings. The Hall–Kier alpha value is -5.24. The maximum absolute atomic E-state index is 14.3.